The van der Waals surface area contributed by atoms with E-state index in [1.807, 2.05) is 6.92 Å². The molecule has 2 aromatic rings. The third-order valence-electron chi connectivity index (χ3n) is 2.30. The minimum absolute atomic E-state index is 0.207. The molecule has 0 amide bonds. The van der Waals surface area contributed by atoms with Crippen molar-refractivity contribution in [1.29, 1.82) is 5.26 Å². The molecule has 0 bridgehead atoms. The van der Waals surface area contributed by atoms with E-state index in [0.717, 1.165) is 16.9 Å². The number of benzene rings is 1. The Balaban J connectivity index is 2.52. The standard InChI is InChI=1S/C12H7F3N2S/c1-7-2-4-8(5-3-7)11-17-10(12(13,14)15)9(6-16)18-11/h2-5H,1H3. The highest BCUT2D eigenvalue weighted by molar-refractivity contribution is 7.15. The first-order valence-corrected chi connectivity index (χ1v) is 5.78. The number of halogens is 3. The molecule has 6 heteroatoms. The van der Waals surface area contributed by atoms with Crippen LogP contribution >= 0.6 is 11.3 Å². The van der Waals surface area contributed by atoms with Crippen LogP contribution in [0.2, 0.25) is 0 Å². The average Bonchev–Trinajstić information content (AvgIpc) is 2.73. The van der Waals surface area contributed by atoms with Gasteiger partial charge in [-0.2, -0.15) is 18.4 Å². The normalized spacial score (nSPS) is 11.3. The van der Waals surface area contributed by atoms with Crippen LogP contribution in [0.3, 0.4) is 0 Å². The number of nitriles is 1. The minimum Gasteiger partial charge on any atom is -0.230 e. The molecule has 0 saturated heterocycles. The second-order valence-corrected chi connectivity index (χ2v) is 4.67. The van der Waals surface area contributed by atoms with Crippen LogP contribution in [0.4, 0.5) is 13.2 Å². The Morgan fingerprint density at radius 2 is 1.83 bits per heavy atom. The summed E-state index contributed by atoms with van der Waals surface area (Å²) in [6.07, 6.45) is -4.59. The first-order valence-electron chi connectivity index (χ1n) is 4.97. The number of aryl methyl sites for hydroxylation is 1. The smallest absolute Gasteiger partial charge is 0.230 e. The van der Waals surface area contributed by atoms with Crippen molar-refractivity contribution in [3.8, 4) is 16.6 Å². The Hall–Kier alpha value is -1.87. The zero-order valence-corrected chi connectivity index (χ0v) is 10.1. The van der Waals surface area contributed by atoms with E-state index in [4.69, 9.17) is 5.26 Å². The first-order chi connectivity index (χ1) is 8.41. The largest absolute Gasteiger partial charge is 0.435 e. The van der Waals surface area contributed by atoms with Crippen LogP contribution in [0.25, 0.3) is 10.6 Å². The van der Waals surface area contributed by atoms with Crippen molar-refractivity contribution in [1.82, 2.24) is 4.98 Å². The molecular formula is C12H7F3N2S. The zero-order valence-electron chi connectivity index (χ0n) is 9.25. The molecule has 2 rings (SSSR count). The highest BCUT2D eigenvalue weighted by Gasteiger charge is 2.37. The second-order valence-electron chi connectivity index (χ2n) is 3.67. The fraction of sp³-hybridized carbons (Fsp3) is 0.167. The van der Waals surface area contributed by atoms with Crippen LogP contribution in [0.1, 0.15) is 16.1 Å². The number of thiazole rings is 1. The van der Waals surface area contributed by atoms with Gasteiger partial charge in [-0.3, -0.25) is 0 Å². The molecule has 1 aromatic heterocycles. The summed E-state index contributed by atoms with van der Waals surface area (Å²) in [6, 6.07) is 8.50. The first kappa shape index (κ1) is 12.6. The van der Waals surface area contributed by atoms with Gasteiger partial charge in [0.1, 0.15) is 16.0 Å². The van der Waals surface area contributed by atoms with Crippen molar-refractivity contribution >= 4 is 11.3 Å². The van der Waals surface area contributed by atoms with E-state index in [1.165, 1.54) is 6.07 Å². The maximum Gasteiger partial charge on any atom is 0.435 e. The third-order valence-corrected chi connectivity index (χ3v) is 3.30. The van der Waals surface area contributed by atoms with E-state index in [-0.39, 0.29) is 5.01 Å². The Kier molecular flexibility index (Phi) is 3.09. The predicted molar refractivity (Wildman–Crippen MR) is 62.0 cm³/mol. The van der Waals surface area contributed by atoms with E-state index < -0.39 is 16.7 Å². The van der Waals surface area contributed by atoms with Gasteiger partial charge in [-0.05, 0) is 6.92 Å². The number of hydrogen-bond donors (Lipinski definition) is 0. The fourth-order valence-corrected chi connectivity index (χ4v) is 2.30. The van der Waals surface area contributed by atoms with Crippen molar-refractivity contribution in [2.24, 2.45) is 0 Å². The quantitative estimate of drug-likeness (QED) is 0.783. The number of nitrogens with zero attached hydrogens (tertiary/aromatic N) is 2. The molecular weight excluding hydrogens is 261 g/mol. The van der Waals surface area contributed by atoms with Crippen molar-refractivity contribution in [2.45, 2.75) is 13.1 Å². The van der Waals surface area contributed by atoms with Gasteiger partial charge in [0.2, 0.25) is 0 Å². The summed E-state index contributed by atoms with van der Waals surface area (Å²) >= 11 is 0.753. The van der Waals surface area contributed by atoms with E-state index in [9.17, 15) is 13.2 Å². The maximum atomic E-state index is 12.6. The van der Waals surface area contributed by atoms with Gasteiger partial charge < -0.3 is 0 Å². The molecule has 0 saturated carbocycles. The van der Waals surface area contributed by atoms with Crippen molar-refractivity contribution in [2.75, 3.05) is 0 Å². The third kappa shape index (κ3) is 2.36. The molecule has 92 valence electrons. The monoisotopic (exact) mass is 268 g/mol. The Bertz CT molecular complexity index is 606. The van der Waals surface area contributed by atoms with Crippen LogP contribution < -0.4 is 0 Å². The van der Waals surface area contributed by atoms with Crippen LogP contribution in [0, 0.1) is 18.3 Å². The van der Waals surface area contributed by atoms with Gasteiger partial charge in [-0.1, -0.05) is 29.8 Å². The Labute approximate surface area is 105 Å². The summed E-state index contributed by atoms with van der Waals surface area (Å²) in [5.74, 6) is 0. The molecule has 1 heterocycles. The summed E-state index contributed by atoms with van der Waals surface area (Å²) in [7, 11) is 0. The molecule has 0 N–H and O–H groups in total. The van der Waals surface area contributed by atoms with Crippen molar-refractivity contribution in [3.63, 3.8) is 0 Å². The van der Waals surface area contributed by atoms with Gasteiger partial charge in [0, 0.05) is 5.56 Å². The molecule has 0 aliphatic rings. The van der Waals surface area contributed by atoms with Crippen LogP contribution in [0.15, 0.2) is 24.3 Å². The molecule has 0 atom stereocenters. The number of hydrogen-bond acceptors (Lipinski definition) is 3. The van der Waals surface area contributed by atoms with E-state index in [1.54, 1.807) is 24.3 Å². The molecule has 0 radical (unpaired) electrons. The van der Waals surface area contributed by atoms with Crippen molar-refractivity contribution in [3.05, 3.63) is 40.4 Å². The molecule has 0 spiro atoms. The van der Waals surface area contributed by atoms with Gasteiger partial charge in [0.25, 0.3) is 0 Å². The molecule has 0 unspecified atom stereocenters. The van der Waals surface area contributed by atoms with E-state index in [2.05, 4.69) is 4.98 Å². The summed E-state index contributed by atoms with van der Waals surface area (Å²) in [5.41, 5.74) is 0.482. The zero-order chi connectivity index (χ0) is 13.3. The lowest BCUT2D eigenvalue weighted by molar-refractivity contribution is -0.140. The van der Waals surface area contributed by atoms with Crippen molar-refractivity contribution < 1.29 is 13.2 Å². The fourth-order valence-electron chi connectivity index (χ4n) is 1.41. The van der Waals surface area contributed by atoms with Gasteiger partial charge in [0.15, 0.2) is 5.69 Å². The van der Waals surface area contributed by atoms with Crippen LogP contribution in [-0.4, -0.2) is 4.98 Å². The topological polar surface area (TPSA) is 36.7 Å². The van der Waals surface area contributed by atoms with Crippen LogP contribution in [0.5, 0.6) is 0 Å². The predicted octanol–water partition coefficient (Wildman–Crippen LogP) is 4.01. The lowest BCUT2D eigenvalue weighted by Crippen LogP contribution is -2.07. The lowest BCUT2D eigenvalue weighted by Gasteiger charge is -2.01. The van der Waals surface area contributed by atoms with Gasteiger partial charge in [-0.15, -0.1) is 11.3 Å². The summed E-state index contributed by atoms with van der Waals surface area (Å²) < 4.78 is 37.9. The number of aromatic nitrogens is 1. The molecule has 1 aromatic carbocycles. The number of alkyl halides is 3. The molecule has 2 nitrogen and oxygen atoms in total. The highest BCUT2D eigenvalue weighted by Crippen LogP contribution is 2.37. The highest BCUT2D eigenvalue weighted by atomic mass is 32.1. The van der Waals surface area contributed by atoms with Gasteiger partial charge in [0.05, 0.1) is 0 Å². The number of rotatable bonds is 1. The summed E-state index contributed by atoms with van der Waals surface area (Å²) in [5, 5.41) is 8.91. The van der Waals surface area contributed by atoms with E-state index >= 15 is 0 Å². The molecule has 18 heavy (non-hydrogen) atoms. The Morgan fingerprint density at radius 3 is 2.28 bits per heavy atom. The molecule has 0 fully saturated rings. The van der Waals surface area contributed by atoms with Gasteiger partial charge >= 0.3 is 6.18 Å². The maximum absolute atomic E-state index is 12.6. The van der Waals surface area contributed by atoms with E-state index in [0.29, 0.717) is 5.56 Å². The molecule has 0 aliphatic heterocycles. The van der Waals surface area contributed by atoms with Gasteiger partial charge in [-0.25, -0.2) is 4.98 Å². The second kappa shape index (κ2) is 4.42. The summed E-state index contributed by atoms with van der Waals surface area (Å²) in [6.45, 7) is 1.88. The summed E-state index contributed by atoms with van der Waals surface area (Å²) in [4.78, 5) is 3.12. The minimum atomic E-state index is -4.59. The van der Waals surface area contributed by atoms with Crippen LogP contribution in [-0.2, 0) is 6.18 Å². The Morgan fingerprint density at radius 1 is 1.22 bits per heavy atom. The molecule has 0 aliphatic carbocycles. The average molecular weight is 268 g/mol. The lowest BCUT2D eigenvalue weighted by atomic mass is 10.2. The SMILES string of the molecule is Cc1ccc(-c2nc(C(F)(F)F)c(C#N)s2)cc1.